The number of hydrogen-bond acceptors (Lipinski definition) is 2. The summed E-state index contributed by atoms with van der Waals surface area (Å²) in [5.74, 6) is -0.105. The fourth-order valence-corrected chi connectivity index (χ4v) is 2.87. The van der Waals surface area contributed by atoms with Gasteiger partial charge in [-0.1, -0.05) is 17.7 Å². The van der Waals surface area contributed by atoms with E-state index in [4.69, 9.17) is 11.6 Å². The normalized spacial score (nSPS) is 11.9. The van der Waals surface area contributed by atoms with E-state index in [2.05, 4.69) is 27.6 Å². The van der Waals surface area contributed by atoms with Crippen molar-refractivity contribution in [1.29, 1.82) is 0 Å². The number of benzene rings is 1. The standard InChI is InChI=1S/C15H14ClIN2O/c1-10(2)18-14-5-3-4-8-19(14)15(20)12-7-6-11(16)9-13(12)17/h3-10H,1-2H3. The van der Waals surface area contributed by atoms with E-state index in [9.17, 15) is 4.79 Å². The number of hydrogen-bond donors (Lipinski definition) is 0. The van der Waals surface area contributed by atoms with Crippen LogP contribution in [0.3, 0.4) is 0 Å². The summed E-state index contributed by atoms with van der Waals surface area (Å²) in [6.07, 6.45) is 1.73. The summed E-state index contributed by atoms with van der Waals surface area (Å²) in [5, 5.41) is 0.621. The van der Waals surface area contributed by atoms with E-state index in [0.717, 1.165) is 3.57 Å². The largest absolute Gasteiger partial charge is 0.268 e. The van der Waals surface area contributed by atoms with Crippen LogP contribution in [0.1, 0.15) is 24.2 Å². The molecule has 0 aliphatic carbocycles. The van der Waals surface area contributed by atoms with Gasteiger partial charge in [0.2, 0.25) is 0 Å². The Kier molecular flexibility index (Phi) is 4.99. The first-order valence-corrected chi connectivity index (χ1v) is 7.66. The minimum absolute atomic E-state index is 0.105. The molecule has 0 unspecified atom stereocenters. The van der Waals surface area contributed by atoms with Crippen molar-refractivity contribution in [2.75, 3.05) is 0 Å². The first-order chi connectivity index (χ1) is 9.49. The molecule has 0 aliphatic rings. The lowest BCUT2D eigenvalue weighted by Gasteiger charge is -2.09. The minimum Gasteiger partial charge on any atom is -0.268 e. The minimum atomic E-state index is -0.105. The van der Waals surface area contributed by atoms with E-state index in [-0.39, 0.29) is 11.9 Å². The molecule has 0 fully saturated rings. The maximum absolute atomic E-state index is 12.6. The van der Waals surface area contributed by atoms with E-state index in [0.29, 0.717) is 16.1 Å². The zero-order valence-electron chi connectivity index (χ0n) is 11.2. The van der Waals surface area contributed by atoms with Crippen LogP contribution in [0.2, 0.25) is 5.02 Å². The molecule has 1 heterocycles. The third kappa shape index (κ3) is 3.49. The molecule has 1 aromatic heterocycles. The van der Waals surface area contributed by atoms with Gasteiger partial charge in [0.1, 0.15) is 5.49 Å². The Labute approximate surface area is 136 Å². The van der Waals surface area contributed by atoms with Crippen molar-refractivity contribution >= 4 is 40.1 Å². The number of carbonyl (C=O) groups is 1. The van der Waals surface area contributed by atoms with Gasteiger partial charge in [0.05, 0.1) is 5.56 Å². The highest BCUT2D eigenvalue weighted by Crippen LogP contribution is 2.18. The zero-order chi connectivity index (χ0) is 14.7. The second-order valence-corrected chi connectivity index (χ2v) is 6.18. The number of nitrogens with zero attached hydrogens (tertiary/aromatic N) is 2. The van der Waals surface area contributed by atoms with Gasteiger partial charge in [-0.2, -0.15) is 0 Å². The third-order valence-corrected chi connectivity index (χ3v) is 3.74. The van der Waals surface area contributed by atoms with Gasteiger partial charge in [0.25, 0.3) is 5.91 Å². The fraction of sp³-hybridized carbons (Fsp3) is 0.200. The zero-order valence-corrected chi connectivity index (χ0v) is 14.1. The summed E-state index contributed by atoms with van der Waals surface area (Å²) in [6, 6.07) is 10.9. The van der Waals surface area contributed by atoms with Crippen LogP contribution >= 0.6 is 34.2 Å². The maximum atomic E-state index is 12.6. The Hall–Kier alpha value is -1.14. The Morgan fingerprint density at radius 2 is 2.05 bits per heavy atom. The van der Waals surface area contributed by atoms with Gasteiger partial charge in [-0.15, -0.1) is 0 Å². The number of halogens is 2. The monoisotopic (exact) mass is 400 g/mol. The fourth-order valence-electron chi connectivity index (χ4n) is 1.77. The highest BCUT2D eigenvalue weighted by molar-refractivity contribution is 14.1. The van der Waals surface area contributed by atoms with Gasteiger partial charge in [0, 0.05) is 20.8 Å². The summed E-state index contributed by atoms with van der Waals surface area (Å²) in [4.78, 5) is 17.1. The lowest BCUT2D eigenvalue weighted by atomic mass is 10.2. The van der Waals surface area contributed by atoms with Crippen LogP contribution in [-0.2, 0) is 0 Å². The van der Waals surface area contributed by atoms with Crippen molar-refractivity contribution in [3.63, 3.8) is 0 Å². The molecule has 20 heavy (non-hydrogen) atoms. The second kappa shape index (κ2) is 6.54. The molecule has 0 radical (unpaired) electrons. The van der Waals surface area contributed by atoms with Crippen LogP contribution in [0.4, 0.5) is 0 Å². The van der Waals surface area contributed by atoms with Crippen LogP contribution < -0.4 is 5.49 Å². The van der Waals surface area contributed by atoms with E-state index in [1.165, 1.54) is 0 Å². The first kappa shape index (κ1) is 15.3. The highest BCUT2D eigenvalue weighted by Gasteiger charge is 2.12. The summed E-state index contributed by atoms with van der Waals surface area (Å²) in [6.45, 7) is 3.96. The van der Waals surface area contributed by atoms with Gasteiger partial charge >= 0.3 is 0 Å². The van der Waals surface area contributed by atoms with Crippen LogP contribution in [0.5, 0.6) is 0 Å². The van der Waals surface area contributed by atoms with E-state index < -0.39 is 0 Å². The molecule has 0 spiro atoms. The summed E-state index contributed by atoms with van der Waals surface area (Å²) in [5.41, 5.74) is 1.27. The quantitative estimate of drug-likeness (QED) is 0.707. The van der Waals surface area contributed by atoms with E-state index in [1.807, 2.05) is 32.0 Å². The molecule has 104 valence electrons. The molecule has 0 saturated carbocycles. The molecule has 2 aromatic rings. The van der Waals surface area contributed by atoms with Crippen molar-refractivity contribution < 1.29 is 4.79 Å². The van der Waals surface area contributed by atoms with Gasteiger partial charge in [0.15, 0.2) is 0 Å². The van der Waals surface area contributed by atoms with Crippen molar-refractivity contribution in [1.82, 2.24) is 4.57 Å². The van der Waals surface area contributed by atoms with Gasteiger partial charge in [-0.25, -0.2) is 0 Å². The average molecular weight is 401 g/mol. The Morgan fingerprint density at radius 3 is 2.70 bits per heavy atom. The predicted molar refractivity (Wildman–Crippen MR) is 89.0 cm³/mol. The Bertz CT molecular complexity index is 707. The van der Waals surface area contributed by atoms with Crippen LogP contribution in [0.15, 0.2) is 47.6 Å². The molecule has 0 bridgehead atoms. The summed E-state index contributed by atoms with van der Waals surface area (Å²) < 4.78 is 2.39. The number of rotatable bonds is 2. The molecular formula is C15H14ClIN2O. The highest BCUT2D eigenvalue weighted by atomic mass is 127. The van der Waals surface area contributed by atoms with Crippen LogP contribution in [-0.4, -0.2) is 16.5 Å². The molecule has 5 heteroatoms. The van der Waals surface area contributed by atoms with Crippen LogP contribution in [0.25, 0.3) is 0 Å². The molecule has 0 amide bonds. The molecule has 0 aliphatic heterocycles. The van der Waals surface area contributed by atoms with Crippen molar-refractivity contribution in [2.24, 2.45) is 4.99 Å². The smallest absolute Gasteiger partial charge is 0.264 e. The lowest BCUT2D eigenvalue weighted by molar-refractivity contribution is 0.0953. The van der Waals surface area contributed by atoms with Gasteiger partial charge in [-0.3, -0.25) is 14.4 Å². The Morgan fingerprint density at radius 1 is 1.30 bits per heavy atom. The molecular weight excluding hydrogens is 387 g/mol. The molecule has 0 N–H and O–H groups in total. The first-order valence-electron chi connectivity index (χ1n) is 6.20. The topological polar surface area (TPSA) is 34.4 Å². The molecule has 3 nitrogen and oxygen atoms in total. The third-order valence-electron chi connectivity index (χ3n) is 2.61. The van der Waals surface area contributed by atoms with E-state index >= 15 is 0 Å². The molecule has 0 saturated heterocycles. The Balaban J connectivity index is 2.54. The second-order valence-electron chi connectivity index (χ2n) is 4.58. The molecule has 0 atom stereocenters. The number of carbonyl (C=O) groups excluding carboxylic acids is 1. The lowest BCUT2D eigenvalue weighted by Crippen LogP contribution is -2.28. The van der Waals surface area contributed by atoms with E-state index in [1.54, 1.807) is 29.0 Å². The number of aromatic nitrogens is 1. The SMILES string of the molecule is CC(C)N=c1ccccn1C(=O)c1ccc(Cl)cc1I. The number of pyridine rings is 1. The van der Waals surface area contributed by atoms with Crippen LogP contribution in [0, 0.1) is 3.57 Å². The van der Waals surface area contributed by atoms with Gasteiger partial charge in [-0.05, 0) is 66.8 Å². The summed E-state index contributed by atoms with van der Waals surface area (Å²) in [7, 11) is 0. The van der Waals surface area contributed by atoms with Crippen molar-refractivity contribution in [2.45, 2.75) is 19.9 Å². The van der Waals surface area contributed by atoms with Crippen molar-refractivity contribution in [3.8, 4) is 0 Å². The maximum Gasteiger partial charge on any atom is 0.264 e. The summed E-state index contributed by atoms with van der Waals surface area (Å²) >= 11 is 8.04. The van der Waals surface area contributed by atoms with Crippen molar-refractivity contribution in [3.05, 3.63) is 62.2 Å². The molecule has 1 aromatic carbocycles. The van der Waals surface area contributed by atoms with Gasteiger partial charge < -0.3 is 0 Å². The molecule has 2 rings (SSSR count). The average Bonchev–Trinajstić information content (AvgIpc) is 2.38. The predicted octanol–water partition coefficient (Wildman–Crippen LogP) is 3.74.